The van der Waals surface area contributed by atoms with Crippen LogP contribution in [-0.4, -0.2) is 42.1 Å². The van der Waals surface area contributed by atoms with Crippen molar-refractivity contribution in [2.24, 2.45) is 0 Å². The zero-order valence-electron chi connectivity index (χ0n) is 13.0. The molecule has 0 radical (unpaired) electrons. The van der Waals surface area contributed by atoms with E-state index < -0.39 is 9.84 Å². The number of carbonyl (C=O) groups excluding carboxylic acids is 1. The lowest BCUT2D eigenvalue weighted by Crippen LogP contribution is -2.25. The predicted octanol–water partition coefficient (Wildman–Crippen LogP) is 1.01. The highest BCUT2D eigenvalue weighted by Crippen LogP contribution is 2.15. The molecule has 7 nitrogen and oxygen atoms in total. The van der Waals surface area contributed by atoms with Gasteiger partial charge in [-0.15, -0.1) is 10.2 Å². The van der Waals surface area contributed by atoms with E-state index in [1.807, 2.05) is 30.3 Å². The van der Waals surface area contributed by atoms with Crippen LogP contribution in [0.25, 0.3) is 0 Å². The van der Waals surface area contributed by atoms with E-state index in [0.717, 1.165) is 5.56 Å². The maximum Gasteiger partial charge on any atom is 0.272 e. The molecule has 1 aromatic heterocycles. The molecule has 0 bridgehead atoms. The average molecular weight is 346 g/mol. The first-order valence-corrected chi connectivity index (χ1v) is 9.47. The fraction of sp³-hybridized carbons (Fsp3) is 0.312. The van der Waals surface area contributed by atoms with Crippen molar-refractivity contribution in [1.29, 1.82) is 0 Å². The van der Waals surface area contributed by atoms with Crippen LogP contribution in [0.5, 0.6) is 0 Å². The molecule has 0 saturated carbocycles. The molecular weight excluding hydrogens is 328 g/mol. The Morgan fingerprint density at radius 3 is 2.54 bits per heavy atom. The lowest BCUT2D eigenvalue weighted by Gasteiger charge is -2.11. The van der Waals surface area contributed by atoms with Gasteiger partial charge in [-0.25, -0.2) is 8.42 Å². The van der Waals surface area contributed by atoms with Crippen LogP contribution >= 0.6 is 0 Å². The summed E-state index contributed by atoms with van der Waals surface area (Å²) in [6.45, 7) is 0.418. The molecule has 2 aromatic rings. The van der Waals surface area contributed by atoms with E-state index in [1.54, 1.807) is 12.1 Å². The first-order chi connectivity index (χ1) is 11.5. The quantitative estimate of drug-likeness (QED) is 0.838. The van der Waals surface area contributed by atoms with Crippen molar-refractivity contribution >= 4 is 21.6 Å². The number of hydrogen-bond acceptors (Lipinski definition) is 6. The number of nitrogens with one attached hydrogen (secondary N) is 2. The van der Waals surface area contributed by atoms with Crippen LogP contribution in [0.15, 0.2) is 42.5 Å². The number of anilines is 1. The van der Waals surface area contributed by atoms with E-state index in [4.69, 9.17) is 0 Å². The number of rotatable bonds is 5. The van der Waals surface area contributed by atoms with Crippen LogP contribution in [0.1, 0.15) is 22.5 Å². The molecule has 1 aliphatic heterocycles. The van der Waals surface area contributed by atoms with E-state index in [1.165, 1.54) is 0 Å². The van der Waals surface area contributed by atoms with Gasteiger partial charge in [-0.1, -0.05) is 30.3 Å². The summed E-state index contributed by atoms with van der Waals surface area (Å²) in [7, 11) is -2.95. The SMILES string of the molecule is O=C(NCc1ccccc1)c1ccc(NC2CCS(=O)(=O)C2)nn1. The minimum Gasteiger partial charge on any atom is -0.365 e. The molecule has 2 N–H and O–H groups in total. The van der Waals surface area contributed by atoms with Crippen molar-refractivity contribution < 1.29 is 13.2 Å². The second kappa shape index (κ2) is 6.96. The third-order valence-corrected chi connectivity index (χ3v) is 5.55. The Morgan fingerprint density at radius 2 is 1.92 bits per heavy atom. The van der Waals surface area contributed by atoms with Crippen molar-refractivity contribution in [3.05, 3.63) is 53.7 Å². The molecule has 1 fully saturated rings. The summed E-state index contributed by atoms with van der Waals surface area (Å²) in [5.74, 6) is 0.463. The van der Waals surface area contributed by atoms with Gasteiger partial charge in [0.15, 0.2) is 15.5 Å². The van der Waals surface area contributed by atoms with Gasteiger partial charge in [-0.2, -0.15) is 0 Å². The van der Waals surface area contributed by atoms with Crippen molar-refractivity contribution in [1.82, 2.24) is 15.5 Å². The highest BCUT2D eigenvalue weighted by molar-refractivity contribution is 7.91. The molecule has 1 saturated heterocycles. The van der Waals surface area contributed by atoms with Crippen molar-refractivity contribution in [3.63, 3.8) is 0 Å². The van der Waals surface area contributed by atoms with Crippen LogP contribution in [0.3, 0.4) is 0 Å². The van der Waals surface area contributed by atoms with Crippen LogP contribution < -0.4 is 10.6 Å². The predicted molar refractivity (Wildman–Crippen MR) is 90.3 cm³/mol. The minimum atomic E-state index is -2.95. The zero-order valence-corrected chi connectivity index (χ0v) is 13.8. The monoisotopic (exact) mass is 346 g/mol. The van der Waals surface area contributed by atoms with E-state index >= 15 is 0 Å². The maximum absolute atomic E-state index is 12.0. The van der Waals surface area contributed by atoms with Gasteiger partial charge in [-0.05, 0) is 24.1 Å². The normalized spacial score (nSPS) is 18.9. The Balaban J connectivity index is 1.55. The molecule has 1 aromatic carbocycles. The number of nitrogens with zero attached hydrogens (tertiary/aromatic N) is 2. The van der Waals surface area contributed by atoms with E-state index in [0.29, 0.717) is 18.8 Å². The van der Waals surface area contributed by atoms with Gasteiger partial charge >= 0.3 is 0 Å². The van der Waals surface area contributed by atoms with Crippen molar-refractivity contribution in [2.75, 3.05) is 16.8 Å². The summed E-state index contributed by atoms with van der Waals surface area (Å²) in [6, 6.07) is 12.6. The van der Waals surface area contributed by atoms with Crippen molar-refractivity contribution in [3.8, 4) is 0 Å². The zero-order chi connectivity index (χ0) is 17.0. The third-order valence-electron chi connectivity index (χ3n) is 3.78. The average Bonchev–Trinajstić information content (AvgIpc) is 2.93. The summed E-state index contributed by atoms with van der Waals surface area (Å²) in [5.41, 5.74) is 1.22. The fourth-order valence-electron chi connectivity index (χ4n) is 2.52. The van der Waals surface area contributed by atoms with E-state index in [9.17, 15) is 13.2 Å². The topological polar surface area (TPSA) is 101 Å². The summed E-state index contributed by atoms with van der Waals surface area (Å²) in [6.07, 6.45) is 0.559. The summed E-state index contributed by atoms with van der Waals surface area (Å²) in [4.78, 5) is 12.0. The van der Waals surface area contributed by atoms with Crippen LogP contribution in [0.2, 0.25) is 0 Å². The summed E-state index contributed by atoms with van der Waals surface area (Å²) < 4.78 is 22.9. The van der Waals surface area contributed by atoms with Crippen LogP contribution in [0, 0.1) is 0 Å². The molecular formula is C16H18N4O3S. The number of carbonyl (C=O) groups is 1. The molecule has 1 atom stereocenters. The first kappa shape index (κ1) is 16.4. The van der Waals surface area contributed by atoms with Gasteiger partial charge in [0.05, 0.1) is 11.5 Å². The second-order valence-corrected chi connectivity index (χ2v) is 7.95. The van der Waals surface area contributed by atoms with Gasteiger partial charge in [0.2, 0.25) is 0 Å². The van der Waals surface area contributed by atoms with E-state index in [-0.39, 0.29) is 29.1 Å². The van der Waals surface area contributed by atoms with Gasteiger partial charge in [0, 0.05) is 12.6 Å². The molecule has 126 valence electrons. The smallest absolute Gasteiger partial charge is 0.272 e. The molecule has 0 spiro atoms. The molecule has 1 unspecified atom stereocenters. The third kappa shape index (κ3) is 4.29. The lowest BCUT2D eigenvalue weighted by atomic mass is 10.2. The Bertz CT molecular complexity index is 807. The second-order valence-electron chi connectivity index (χ2n) is 5.72. The first-order valence-electron chi connectivity index (χ1n) is 7.65. The summed E-state index contributed by atoms with van der Waals surface area (Å²) in [5, 5.41) is 13.7. The Hall–Kier alpha value is -2.48. The number of aromatic nitrogens is 2. The molecule has 1 aliphatic rings. The highest BCUT2D eigenvalue weighted by atomic mass is 32.2. The van der Waals surface area contributed by atoms with Gasteiger partial charge < -0.3 is 10.6 Å². The summed E-state index contributed by atoms with van der Waals surface area (Å²) >= 11 is 0. The molecule has 0 aliphatic carbocycles. The largest absolute Gasteiger partial charge is 0.365 e. The van der Waals surface area contributed by atoms with Crippen LogP contribution in [-0.2, 0) is 16.4 Å². The Labute approximate surface area is 140 Å². The van der Waals surface area contributed by atoms with E-state index in [2.05, 4.69) is 20.8 Å². The van der Waals surface area contributed by atoms with Crippen LogP contribution in [0.4, 0.5) is 5.82 Å². The number of amides is 1. The fourth-order valence-corrected chi connectivity index (χ4v) is 4.19. The Morgan fingerprint density at radius 1 is 1.12 bits per heavy atom. The van der Waals surface area contributed by atoms with Crippen molar-refractivity contribution in [2.45, 2.75) is 19.0 Å². The highest BCUT2D eigenvalue weighted by Gasteiger charge is 2.27. The minimum absolute atomic E-state index is 0.105. The van der Waals surface area contributed by atoms with Gasteiger partial charge in [0.1, 0.15) is 5.82 Å². The van der Waals surface area contributed by atoms with Gasteiger partial charge in [-0.3, -0.25) is 4.79 Å². The van der Waals surface area contributed by atoms with Gasteiger partial charge in [0.25, 0.3) is 5.91 Å². The standard InChI is InChI=1S/C16H18N4O3S/c21-16(17-10-12-4-2-1-3-5-12)14-6-7-15(20-19-14)18-13-8-9-24(22,23)11-13/h1-7,13H,8-11H2,(H,17,21)(H,18,20). The lowest BCUT2D eigenvalue weighted by molar-refractivity contribution is 0.0945. The maximum atomic E-state index is 12.0. The molecule has 2 heterocycles. The molecule has 8 heteroatoms. The molecule has 1 amide bonds. The number of hydrogen-bond donors (Lipinski definition) is 2. The number of benzene rings is 1. The molecule has 24 heavy (non-hydrogen) atoms. The number of sulfone groups is 1. The Kier molecular flexibility index (Phi) is 4.75. The molecule has 3 rings (SSSR count).